The highest BCUT2D eigenvalue weighted by atomic mass is 32.2. The molecule has 0 bridgehead atoms. The van der Waals surface area contributed by atoms with Crippen LogP contribution in [-0.4, -0.2) is 32.8 Å². The van der Waals surface area contributed by atoms with Gasteiger partial charge in [0.25, 0.3) is 5.91 Å². The molecule has 0 aliphatic rings. The number of hydrogen-bond donors (Lipinski definition) is 3. The first-order chi connectivity index (χ1) is 18.2. The highest BCUT2D eigenvalue weighted by Crippen LogP contribution is 2.29. The standard InChI is InChI=1S/C30H31N3O4S/c1-21(2)20-31-38(36,37)28-18-10-15-24-25(28)16-9-17-26(24)32-30(35)27(19-22-11-5-3-6-12-22)33-29(34)23-13-7-4-8-14-23/h3-18,21,27,31H,19-20H2,1-2H3,(H,32,35)(H,33,34)/t27-/m0/s1. The first kappa shape index (κ1) is 27.0. The fourth-order valence-electron chi connectivity index (χ4n) is 4.09. The van der Waals surface area contributed by atoms with Crippen LogP contribution < -0.4 is 15.4 Å². The van der Waals surface area contributed by atoms with Gasteiger partial charge in [-0.25, -0.2) is 13.1 Å². The highest BCUT2D eigenvalue weighted by Gasteiger charge is 2.24. The summed E-state index contributed by atoms with van der Waals surface area (Å²) in [5, 5.41) is 6.86. The Morgan fingerprint density at radius 3 is 2.08 bits per heavy atom. The van der Waals surface area contributed by atoms with Crippen molar-refractivity contribution in [2.45, 2.75) is 31.2 Å². The Morgan fingerprint density at radius 1 is 0.763 bits per heavy atom. The average Bonchev–Trinajstić information content (AvgIpc) is 2.92. The van der Waals surface area contributed by atoms with E-state index in [4.69, 9.17) is 0 Å². The van der Waals surface area contributed by atoms with E-state index < -0.39 is 22.0 Å². The van der Waals surface area contributed by atoms with Crippen molar-refractivity contribution in [3.63, 3.8) is 0 Å². The molecule has 7 nitrogen and oxygen atoms in total. The number of anilines is 1. The van der Waals surface area contributed by atoms with Gasteiger partial charge < -0.3 is 10.6 Å². The van der Waals surface area contributed by atoms with Crippen molar-refractivity contribution in [1.82, 2.24) is 10.0 Å². The first-order valence-corrected chi connectivity index (χ1v) is 13.9. The third kappa shape index (κ3) is 6.65. The fraction of sp³-hybridized carbons (Fsp3) is 0.200. The zero-order valence-corrected chi connectivity index (χ0v) is 22.2. The van der Waals surface area contributed by atoms with E-state index >= 15 is 0 Å². The first-order valence-electron chi connectivity index (χ1n) is 12.5. The van der Waals surface area contributed by atoms with Crippen LogP contribution in [0.4, 0.5) is 5.69 Å². The topological polar surface area (TPSA) is 104 Å². The number of fused-ring (bicyclic) bond motifs is 1. The third-order valence-electron chi connectivity index (χ3n) is 6.05. The van der Waals surface area contributed by atoms with E-state index in [2.05, 4.69) is 15.4 Å². The number of carbonyl (C=O) groups is 2. The molecule has 3 N–H and O–H groups in total. The van der Waals surface area contributed by atoms with E-state index in [-0.39, 0.29) is 23.1 Å². The predicted octanol–water partition coefficient (Wildman–Crippen LogP) is 4.75. The molecule has 0 radical (unpaired) electrons. The molecule has 4 aromatic carbocycles. The number of hydrogen-bond acceptors (Lipinski definition) is 4. The van der Waals surface area contributed by atoms with Gasteiger partial charge >= 0.3 is 0 Å². The molecule has 8 heteroatoms. The van der Waals surface area contributed by atoms with Gasteiger partial charge in [-0.15, -0.1) is 0 Å². The highest BCUT2D eigenvalue weighted by molar-refractivity contribution is 7.89. The minimum absolute atomic E-state index is 0.143. The zero-order chi connectivity index (χ0) is 27.1. The number of nitrogens with one attached hydrogen (secondary N) is 3. The summed E-state index contributed by atoms with van der Waals surface area (Å²) in [6.45, 7) is 4.18. The fourth-order valence-corrected chi connectivity index (χ4v) is 5.52. The number of rotatable bonds is 10. The van der Waals surface area contributed by atoms with Crippen molar-refractivity contribution in [1.29, 1.82) is 0 Å². The summed E-state index contributed by atoms with van der Waals surface area (Å²) >= 11 is 0. The van der Waals surface area contributed by atoms with Gasteiger partial charge in [0.2, 0.25) is 15.9 Å². The van der Waals surface area contributed by atoms with Crippen molar-refractivity contribution in [2.75, 3.05) is 11.9 Å². The molecule has 0 aromatic heterocycles. The van der Waals surface area contributed by atoms with Crippen LogP contribution >= 0.6 is 0 Å². The molecular formula is C30H31N3O4S. The van der Waals surface area contributed by atoms with Crippen LogP contribution in [0.25, 0.3) is 10.8 Å². The molecule has 0 saturated heterocycles. The maximum atomic E-state index is 13.5. The number of carbonyl (C=O) groups excluding carboxylic acids is 2. The molecule has 0 aliphatic heterocycles. The zero-order valence-electron chi connectivity index (χ0n) is 21.3. The van der Waals surface area contributed by atoms with Crippen LogP contribution in [0, 0.1) is 5.92 Å². The minimum Gasteiger partial charge on any atom is -0.340 e. The molecule has 0 heterocycles. The average molecular weight is 530 g/mol. The summed E-state index contributed by atoms with van der Waals surface area (Å²) in [5.74, 6) is -0.608. The van der Waals surface area contributed by atoms with Gasteiger partial charge in [0.15, 0.2) is 0 Å². The Morgan fingerprint density at radius 2 is 1.39 bits per heavy atom. The normalized spacial score (nSPS) is 12.3. The molecule has 2 amide bonds. The molecular weight excluding hydrogens is 498 g/mol. The van der Waals surface area contributed by atoms with Gasteiger partial charge in [0.1, 0.15) is 6.04 Å². The van der Waals surface area contributed by atoms with Gasteiger partial charge in [0.05, 0.1) is 4.90 Å². The second-order valence-electron chi connectivity index (χ2n) is 9.47. The Kier molecular flexibility index (Phi) is 8.55. The molecule has 38 heavy (non-hydrogen) atoms. The van der Waals surface area contributed by atoms with Gasteiger partial charge in [0, 0.05) is 35.0 Å². The molecule has 0 saturated carbocycles. The number of amides is 2. The molecule has 196 valence electrons. The SMILES string of the molecule is CC(C)CNS(=O)(=O)c1cccc2c(NC(=O)[C@H](Cc3ccccc3)NC(=O)c3ccccc3)cccc12. The Balaban J connectivity index is 1.63. The number of benzene rings is 4. The molecule has 4 aromatic rings. The van der Waals surface area contributed by atoms with Crippen molar-refractivity contribution in [2.24, 2.45) is 5.92 Å². The minimum atomic E-state index is -3.75. The summed E-state index contributed by atoms with van der Waals surface area (Å²) in [6.07, 6.45) is 0.286. The van der Waals surface area contributed by atoms with E-state index in [0.29, 0.717) is 28.6 Å². The molecule has 0 spiro atoms. The summed E-state index contributed by atoms with van der Waals surface area (Å²) in [5.41, 5.74) is 1.80. The summed E-state index contributed by atoms with van der Waals surface area (Å²) in [7, 11) is -3.75. The van der Waals surface area contributed by atoms with Crippen LogP contribution in [0.5, 0.6) is 0 Å². The summed E-state index contributed by atoms with van der Waals surface area (Å²) in [6, 6.07) is 27.4. The lowest BCUT2D eigenvalue weighted by molar-refractivity contribution is -0.118. The molecule has 1 atom stereocenters. The number of sulfonamides is 1. The molecule has 0 unspecified atom stereocenters. The Hall–Kier alpha value is -4.01. The van der Waals surface area contributed by atoms with Crippen LogP contribution in [0.1, 0.15) is 29.8 Å². The smallest absolute Gasteiger partial charge is 0.251 e. The maximum absolute atomic E-state index is 13.5. The van der Waals surface area contributed by atoms with Gasteiger partial charge in [-0.2, -0.15) is 0 Å². The molecule has 0 aliphatic carbocycles. The Bertz CT molecular complexity index is 1520. The van der Waals surface area contributed by atoms with Crippen LogP contribution in [0.2, 0.25) is 0 Å². The largest absolute Gasteiger partial charge is 0.340 e. The van der Waals surface area contributed by atoms with Crippen molar-refractivity contribution < 1.29 is 18.0 Å². The van der Waals surface area contributed by atoms with Crippen LogP contribution in [-0.2, 0) is 21.2 Å². The second kappa shape index (κ2) is 12.0. The van der Waals surface area contributed by atoms with Gasteiger partial charge in [-0.3, -0.25) is 9.59 Å². The lowest BCUT2D eigenvalue weighted by Crippen LogP contribution is -2.45. The van der Waals surface area contributed by atoms with Crippen molar-refractivity contribution >= 4 is 38.3 Å². The second-order valence-corrected chi connectivity index (χ2v) is 11.2. The molecule has 4 rings (SSSR count). The molecule has 0 fully saturated rings. The van der Waals surface area contributed by atoms with E-state index in [0.717, 1.165) is 5.56 Å². The monoisotopic (exact) mass is 529 g/mol. The summed E-state index contributed by atoms with van der Waals surface area (Å²) in [4.78, 5) is 26.6. The summed E-state index contributed by atoms with van der Waals surface area (Å²) < 4.78 is 28.7. The van der Waals surface area contributed by atoms with E-state index in [1.807, 2.05) is 50.2 Å². The van der Waals surface area contributed by atoms with E-state index in [9.17, 15) is 18.0 Å². The van der Waals surface area contributed by atoms with Crippen LogP contribution in [0.3, 0.4) is 0 Å². The lowest BCUT2D eigenvalue weighted by atomic mass is 10.0. The van der Waals surface area contributed by atoms with Crippen molar-refractivity contribution in [3.8, 4) is 0 Å². The van der Waals surface area contributed by atoms with Gasteiger partial charge in [-0.1, -0.05) is 86.6 Å². The third-order valence-corrected chi connectivity index (χ3v) is 7.53. The van der Waals surface area contributed by atoms with Crippen LogP contribution in [0.15, 0.2) is 102 Å². The predicted molar refractivity (Wildman–Crippen MR) is 150 cm³/mol. The lowest BCUT2D eigenvalue weighted by Gasteiger charge is -2.20. The van der Waals surface area contributed by atoms with E-state index in [1.165, 1.54) is 0 Å². The quantitative estimate of drug-likeness (QED) is 0.276. The Labute approximate surface area is 223 Å². The van der Waals surface area contributed by atoms with Gasteiger partial charge in [-0.05, 0) is 35.7 Å². The maximum Gasteiger partial charge on any atom is 0.251 e. The van der Waals surface area contributed by atoms with Crippen molar-refractivity contribution in [3.05, 3.63) is 108 Å². The van der Waals surface area contributed by atoms with E-state index in [1.54, 1.807) is 60.7 Å².